The molecule has 0 radical (unpaired) electrons. The maximum absolute atomic E-state index is 11.2. The molecule has 0 amide bonds. The van der Waals surface area contributed by atoms with Crippen LogP contribution in [0.25, 0.3) is 0 Å². The predicted molar refractivity (Wildman–Crippen MR) is 51.4 cm³/mol. The first-order chi connectivity index (χ1) is 6.27. The molecule has 1 rings (SSSR count). The van der Waals surface area contributed by atoms with Gasteiger partial charge in [-0.15, -0.1) is 0 Å². The van der Waals surface area contributed by atoms with Crippen LogP contribution in [0.5, 0.6) is 0 Å². The van der Waals surface area contributed by atoms with Crippen LogP contribution in [0.2, 0.25) is 0 Å². The highest BCUT2D eigenvalue weighted by atomic mass is 16.5. The second kappa shape index (κ2) is 5.02. The molecule has 1 aliphatic rings. The number of carbonyl (C=O) groups is 1. The summed E-state index contributed by atoms with van der Waals surface area (Å²) >= 11 is 0. The van der Waals surface area contributed by atoms with Gasteiger partial charge in [0.05, 0.1) is 7.11 Å². The highest BCUT2D eigenvalue weighted by Gasteiger charge is 2.20. The summed E-state index contributed by atoms with van der Waals surface area (Å²) < 4.78 is 4.69. The Hall–Kier alpha value is -0.830. The van der Waals surface area contributed by atoms with Gasteiger partial charge in [0, 0.05) is 6.04 Å². The molecule has 0 fully saturated rings. The molecule has 0 aliphatic heterocycles. The number of hydrogen-bond acceptors (Lipinski definition) is 3. The molecule has 0 heterocycles. The Balaban J connectivity index is 2.34. The molecular formula is C10H17NO2. The van der Waals surface area contributed by atoms with E-state index in [9.17, 15) is 4.79 Å². The first-order valence-corrected chi connectivity index (χ1v) is 4.76. The lowest BCUT2D eigenvalue weighted by Crippen LogP contribution is -2.42. The third-order valence-electron chi connectivity index (χ3n) is 2.34. The van der Waals surface area contributed by atoms with Gasteiger partial charge in [-0.1, -0.05) is 19.1 Å². The van der Waals surface area contributed by atoms with Crippen LogP contribution in [0.15, 0.2) is 12.2 Å². The van der Waals surface area contributed by atoms with Crippen molar-refractivity contribution in [1.82, 2.24) is 5.32 Å². The topological polar surface area (TPSA) is 38.3 Å². The van der Waals surface area contributed by atoms with Crippen LogP contribution < -0.4 is 5.32 Å². The minimum Gasteiger partial charge on any atom is -0.468 e. The van der Waals surface area contributed by atoms with E-state index in [4.69, 9.17) is 4.74 Å². The molecule has 13 heavy (non-hydrogen) atoms. The van der Waals surface area contributed by atoms with Crippen LogP contribution in [0.1, 0.15) is 26.2 Å². The lowest BCUT2D eigenvalue weighted by Gasteiger charge is -2.19. The molecule has 0 saturated carbocycles. The molecule has 1 atom stereocenters. The van der Waals surface area contributed by atoms with Gasteiger partial charge in [-0.3, -0.25) is 4.79 Å². The number of hydrogen-bond donors (Lipinski definition) is 1. The molecule has 1 aliphatic carbocycles. The molecule has 0 spiro atoms. The highest BCUT2D eigenvalue weighted by Crippen LogP contribution is 2.11. The van der Waals surface area contributed by atoms with Crippen molar-refractivity contribution in [2.75, 3.05) is 7.11 Å². The van der Waals surface area contributed by atoms with E-state index in [0.29, 0.717) is 6.04 Å². The molecule has 0 aromatic carbocycles. The SMILES string of the molecule is CCC(NC1CC=CC1)C(=O)OC. The van der Waals surface area contributed by atoms with Gasteiger partial charge >= 0.3 is 5.97 Å². The molecule has 1 unspecified atom stereocenters. The monoisotopic (exact) mass is 183 g/mol. The minimum absolute atomic E-state index is 0.144. The number of methoxy groups -OCH3 is 1. The van der Waals surface area contributed by atoms with Crippen LogP contribution in [0, 0.1) is 0 Å². The van der Waals surface area contributed by atoms with E-state index in [1.807, 2.05) is 6.92 Å². The molecular weight excluding hydrogens is 166 g/mol. The van der Waals surface area contributed by atoms with Gasteiger partial charge in [0.15, 0.2) is 0 Å². The average Bonchev–Trinajstić information content (AvgIpc) is 2.65. The van der Waals surface area contributed by atoms with E-state index < -0.39 is 0 Å². The average molecular weight is 183 g/mol. The summed E-state index contributed by atoms with van der Waals surface area (Å²) in [5, 5.41) is 3.28. The largest absolute Gasteiger partial charge is 0.468 e. The molecule has 3 heteroatoms. The van der Waals surface area contributed by atoms with Gasteiger partial charge in [-0.25, -0.2) is 0 Å². The van der Waals surface area contributed by atoms with E-state index in [0.717, 1.165) is 19.3 Å². The quantitative estimate of drug-likeness (QED) is 0.526. The Morgan fingerprint density at radius 2 is 2.23 bits per heavy atom. The summed E-state index contributed by atoms with van der Waals surface area (Å²) in [7, 11) is 1.43. The fourth-order valence-corrected chi connectivity index (χ4v) is 1.53. The standard InChI is InChI=1S/C10H17NO2/c1-3-9(10(12)13-2)11-8-6-4-5-7-8/h4-5,8-9,11H,3,6-7H2,1-2H3. The van der Waals surface area contributed by atoms with Crippen LogP contribution in [0.3, 0.4) is 0 Å². The van der Waals surface area contributed by atoms with Crippen molar-refractivity contribution in [3.63, 3.8) is 0 Å². The molecule has 0 aromatic heterocycles. The van der Waals surface area contributed by atoms with E-state index in [2.05, 4.69) is 17.5 Å². The summed E-state index contributed by atoms with van der Waals surface area (Å²) in [5.41, 5.74) is 0. The van der Waals surface area contributed by atoms with Gasteiger partial charge in [0.25, 0.3) is 0 Å². The number of carbonyl (C=O) groups excluding carboxylic acids is 1. The Morgan fingerprint density at radius 1 is 1.62 bits per heavy atom. The Kier molecular flexibility index (Phi) is 3.96. The van der Waals surface area contributed by atoms with Crippen molar-refractivity contribution in [3.8, 4) is 0 Å². The predicted octanol–water partition coefficient (Wildman–Crippen LogP) is 1.25. The second-order valence-electron chi connectivity index (χ2n) is 3.29. The molecule has 1 N–H and O–H groups in total. The fourth-order valence-electron chi connectivity index (χ4n) is 1.53. The maximum Gasteiger partial charge on any atom is 0.322 e. The van der Waals surface area contributed by atoms with Gasteiger partial charge in [0.2, 0.25) is 0 Å². The Bertz CT molecular complexity index is 193. The van der Waals surface area contributed by atoms with Crippen LogP contribution in [-0.2, 0) is 9.53 Å². The zero-order valence-electron chi connectivity index (χ0n) is 8.25. The van der Waals surface area contributed by atoms with Crippen molar-refractivity contribution in [3.05, 3.63) is 12.2 Å². The smallest absolute Gasteiger partial charge is 0.322 e. The van der Waals surface area contributed by atoms with Crippen molar-refractivity contribution in [2.45, 2.75) is 38.3 Å². The van der Waals surface area contributed by atoms with Crippen LogP contribution in [0.4, 0.5) is 0 Å². The Labute approximate surface area is 79.2 Å². The van der Waals surface area contributed by atoms with E-state index in [1.54, 1.807) is 0 Å². The summed E-state index contributed by atoms with van der Waals surface area (Å²) in [6, 6.07) is 0.277. The third-order valence-corrected chi connectivity index (χ3v) is 2.34. The maximum atomic E-state index is 11.2. The van der Waals surface area contributed by atoms with Crippen LogP contribution in [-0.4, -0.2) is 25.2 Å². The van der Waals surface area contributed by atoms with Crippen molar-refractivity contribution in [2.24, 2.45) is 0 Å². The first-order valence-electron chi connectivity index (χ1n) is 4.76. The zero-order chi connectivity index (χ0) is 9.68. The molecule has 0 saturated heterocycles. The summed E-state index contributed by atoms with van der Waals surface area (Å²) in [5.74, 6) is -0.158. The van der Waals surface area contributed by atoms with Crippen molar-refractivity contribution in [1.29, 1.82) is 0 Å². The van der Waals surface area contributed by atoms with Crippen molar-refractivity contribution >= 4 is 5.97 Å². The molecule has 74 valence electrons. The lowest BCUT2D eigenvalue weighted by molar-refractivity contribution is -0.143. The lowest BCUT2D eigenvalue weighted by atomic mass is 10.1. The van der Waals surface area contributed by atoms with E-state index in [-0.39, 0.29) is 12.0 Å². The first kappa shape index (κ1) is 10.3. The van der Waals surface area contributed by atoms with Crippen LogP contribution >= 0.6 is 0 Å². The Morgan fingerprint density at radius 3 is 2.69 bits per heavy atom. The van der Waals surface area contributed by atoms with Crippen molar-refractivity contribution < 1.29 is 9.53 Å². The summed E-state index contributed by atoms with van der Waals surface area (Å²) in [6.45, 7) is 1.98. The molecule has 0 aromatic rings. The van der Waals surface area contributed by atoms with Gasteiger partial charge in [-0.2, -0.15) is 0 Å². The normalized spacial score (nSPS) is 18.9. The number of ether oxygens (including phenoxy) is 1. The number of esters is 1. The third kappa shape index (κ3) is 2.84. The summed E-state index contributed by atoms with van der Waals surface area (Å²) in [4.78, 5) is 11.2. The molecule has 3 nitrogen and oxygen atoms in total. The van der Waals surface area contributed by atoms with Gasteiger partial charge < -0.3 is 10.1 Å². The minimum atomic E-state index is -0.158. The van der Waals surface area contributed by atoms with Gasteiger partial charge in [0.1, 0.15) is 6.04 Å². The second-order valence-corrected chi connectivity index (χ2v) is 3.29. The number of rotatable bonds is 4. The number of nitrogens with one attached hydrogen (secondary N) is 1. The van der Waals surface area contributed by atoms with Gasteiger partial charge in [-0.05, 0) is 19.3 Å². The zero-order valence-corrected chi connectivity index (χ0v) is 8.25. The highest BCUT2D eigenvalue weighted by molar-refractivity contribution is 5.75. The summed E-state index contributed by atoms with van der Waals surface area (Å²) in [6.07, 6.45) is 7.10. The van der Waals surface area contributed by atoms with E-state index in [1.165, 1.54) is 7.11 Å². The fraction of sp³-hybridized carbons (Fsp3) is 0.700. The molecule has 0 bridgehead atoms. The van der Waals surface area contributed by atoms with E-state index >= 15 is 0 Å².